The van der Waals surface area contributed by atoms with Crippen LogP contribution in [0.2, 0.25) is 0 Å². The molecule has 8 nitrogen and oxygen atoms in total. The first kappa shape index (κ1) is 16.4. The van der Waals surface area contributed by atoms with Crippen LogP contribution in [0.15, 0.2) is 52.0 Å². The third-order valence-corrected chi connectivity index (χ3v) is 3.23. The number of aliphatic hydroxyl groups is 1. The average molecular weight is 317 g/mol. The van der Waals surface area contributed by atoms with Gasteiger partial charge in [0.05, 0.1) is 6.07 Å². The van der Waals surface area contributed by atoms with E-state index in [0.29, 0.717) is 5.56 Å². The number of hydrazone groups is 1. The second kappa shape index (κ2) is 6.41. The number of hydrogen-bond acceptors (Lipinski definition) is 6. The summed E-state index contributed by atoms with van der Waals surface area (Å²) < 4.78 is 4.97. The molecule has 0 spiro atoms. The summed E-state index contributed by atoms with van der Waals surface area (Å²) in [5, 5.41) is 24.7. The van der Waals surface area contributed by atoms with Gasteiger partial charge in [-0.3, -0.25) is 14.9 Å². The van der Waals surface area contributed by atoms with Crippen LogP contribution in [-0.4, -0.2) is 21.6 Å². The Morgan fingerprint density at radius 3 is 2.52 bits per heavy atom. The van der Waals surface area contributed by atoms with E-state index in [1.165, 1.54) is 26.0 Å². The van der Waals surface area contributed by atoms with Gasteiger partial charge in [-0.2, -0.15) is 5.10 Å². The van der Waals surface area contributed by atoms with Crippen LogP contribution in [0.4, 0.5) is 5.88 Å². The highest BCUT2D eigenvalue weighted by Gasteiger charge is 2.32. The topological polar surface area (TPSA) is 118 Å². The van der Waals surface area contributed by atoms with Gasteiger partial charge in [-0.25, -0.2) is 5.43 Å². The maximum absolute atomic E-state index is 12.1. The maximum Gasteiger partial charge on any atom is 0.433 e. The molecule has 1 amide bonds. The zero-order chi connectivity index (χ0) is 17.0. The zero-order valence-corrected chi connectivity index (χ0v) is 12.5. The Morgan fingerprint density at radius 2 is 1.96 bits per heavy atom. The Balaban J connectivity index is 2.11. The third kappa shape index (κ3) is 3.61. The summed E-state index contributed by atoms with van der Waals surface area (Å²) in [7, 11) is 0. The number of rotatable bonds is 5. The summed E-state index contributed by atoms with van der Waals surface area (Å²) in [5.41, 5.74) is 1.11. The van der Waals surface area contributed by atoms with Crippen LogP contribution >= 0.6 is 0 Å². The first-order valence-electron chi connectivity index (χ1n) is 6.69. The van der Waals surface area contributed by atoms with Crippen molar-refractivity contribution < 1.29 is 19.2 Å². The predicted octanol–water partition coefficient (Wildman–Crippen LogP) is 1.94. The van der Waals surface area contributed by atoms with Gasteiger partial charge in [-0.15, -0.1) is 0 Å². The molecule has 0 radical (unpaired) electrons. The number of carbonyl (C=O) groups is 1. The molecule has 1 heterocycles. The highest BCUT2D eigenvalue weighted by molar-refractivity contribution is 5.97. The minimum absolute atomic E-state index is 0.149. The van der Waals surface area contributed by atoms with Gasteiger partial charge in [0.2, 0.25) is 0 Å². The minimum atomic E-state index is -1.76. The van der Waals surface area contributed by atoms with Gasteiger partial charge >= 0.3 is 5.88 Å². The molecule has 23 heavy (non-hydrogen) atoms. The molecule has 2 rings (SSSR count). The van der Waals surface area contributed by atoms with E-state index >= 15 is 0 Å². The first-order chi connectivity index (χ1) is 10.8. The largest absolute Gasteiger partial charge is 0.433 e. The van der Waals surface area contributed by atoms with Crippen molar-refractivity contribution in [3.05, 3.63) is 63.9 Å². The fraction of sp³-hybridized carbons (Fsp3) is 0.200. The van der Waals surface area contributed by atoms with Gasteiger partial charge in [0.15, 0.2) is 11.4 Å². The van der Waals surface area contributed by atoms with Crippen molar-refractivity contribution in [2.24, 2.45) is 5.10 Å². The van der Waals surface area contributed by atoms with Gasteiger partial charge in [-0.1, -0.05) is 30.3 Å². The summed E-state index contributed by atoms with van der Waals surface area (Å²) in [4.78, 5) is 22.0. The zero-order valence-electron chi connectivity index (χ0n) is 12.5. The average Bonchev–Trinajstić information content (AvgIpc) is 3.03. The van der Waals surface area contributed by atoms with Crippen LogP contribution in [0.3, 0.4) is 0 Å². The number of carbonyl (C=O) groups excluding carboxylic acids is 1. The molecular weight excluding hydrogens is 302 g/mol. The van der Waals surface area contributed by atoms with Crippen molar-refractivity contribution in [2.75, 3.05) is 0 Å². The lowest BCUT2D eigenvalue weighted by Gasteiger charge is -2.21. The maximum atomic E-state index is 12.1. The fourth-order valence-corrected chi connectivity index (χ4v) is 1.81. The molecule has 0 aliphatic carbocycles. The number of amides is 1. The lowest BCUT2D eigenvalue weighted by molar-refractivity contribution is -0.402. The molecule has 2 aromatic rings. The molecule has 1 aromatic heterocycles. The van der Waals surface area contributed by atoms with Gasteiger partial charge in [0.25, 0.3) is 5.91 Å². The highest BCUT2D eigenvalue weighted by Crippen LogP contribution is 2.20. The molecule has 0 saturated carbocycles. The van der Waals surface area contributed by atoms with E-state index in [1.807, 2.05) is 0 Å². The van der Waals surface area contributed by atoms with E-state index < -0.39 is 22.3 Å². The Hall–Kier alpha value is -3.00. The van der Waals surface area contributed by atoms with Gasteiger partial charge < -0.3 is 9.52 Å². The van der Waals surface area contributed by atoms with E-state index in [-0.39, 0.29) is 11.5 Å². The molecule has 0 bridgehead atoms. The molecule has 0 aliphatic rings. The summed E-state index contributed by atoms with van der Waals surface area (Å²) >= 11 is 0. The standard InChI is InChI=1S/C15H15N3O5/c1-10(12-8-9-13(23-12)18(21)22)16-17-14(19)15(2,20)11-6-4-3-5-7-11/h3-9,20H,1-2H3,(H,17,19). The lowest BCUT2D eigenvalue weighted by Crippen LogP contribution is -2.40. The molecule has 1 atom stereocenters. The summed E-state index contributed by atoms with van der Waals surface area (Å²) in [6, 6.07) is 11.0. The SMILES string of the molecule is CC(=NNC(=O)C(C)(O)c1ccccc1)c1ccc([N+](=O)[O-])o1. The number of benzene rings is 1. The molecule has 120 valence electrons. The van der Waals surface area contributed by atoms with Gasteiger partial charge in [0.1, 0.15) is 10.6 Å². The Kier molecular flexibility index (Phi) is 4.56. The predicted molar refractivity (Wildman–Crippen MR) is 81.7 cm³/mol. The van der Waals surface area contributed by atoms with Crippen molar-refractivity contribution in [3.8, 4) is 0 Å². The Morgan fingerprint density at radius 1 is 1.30 bits per heavy atom. The lowest BCUT2D eigenvalue weighted by atomic mass is 9.95. The van der Waals surface area contributed by atoms with Crippen molar-refractivity contribution in [1.29, 1.82) is 0 Å². The van der Waals surface area contributed by atoms with Crippen molar-refractivity contribution in [2.45, 2.75) is 19.4 Å². The molecule has 8 heteroatoms. The molecule has 1 unspecified atom stereocenters. The minimum Gasteiger partial charge on any atom is -0.399 e. The number of furan rings is 1. The Labute approximate surface area is 131 Å². The number of nitrogens with zero attached hydrogens (tertiary/aromatic N) is 2. The highest BCUT2D eigenvalue weighted by atomic mass is 16.6. The van der Waals surface area contributed by atoms with E-state index in [4.69, 9.17) is 4.42 Å². The summed E-state index contributed by atoms with van der Waals surface area (Å²) in [5.74, 6) is -1.00. The van der Waals surface area contributed by atoms with Crippen LogP contribution in [0.5, 0.6) is 0 Å². The van der Waals surface area contributed by atoms with Crippen LogP contribution in [0.25, 0.3) is 0 Å². The molecule has 2 N–H and O–H groups in total. The number of hydrogen-bond donors (Lipinski definition) is 2. The summed E-state index contributed by atoms with van der Waals surface area (Å²) in [6.07, 6.45) is 0. The van der Waals surface area contributed by atoms with Crippen LogP contribution < -0.4 is 5.43 Å². The van der Waals surface area contributed by atoms with Crippen LogP contribution in [-0.2, 0) is 10.4 Å². The second-order valence-corrected chi connectivity index (χ2v) is 4.97. The van der Waals surface area contributed by atoms with Crippen molar-refractivity contribution in [3.63, 3.8) is 0 Å². The fourth-order valence-electron chi connectivity index (χ4n) is 1.81. The normalized spacial score (nSPS) is 14.1. The molecular formula is C15H15N3O5. The van der Waals surface area contributed by atoms with Crippen molar-refractivity contribution in [1.82, 2.24) is 5.43 Å². The Bertz CT molecular complexity index is 749. The monoisotopic (exact) mass is 317 g/mol. The number of nitro groups is 1. The molecule has 0 aliphatic heterocycles. The second-order valence-electron chi connectivity index (χ2n) is 4.97. The smallest absolute Gasteiger partial charge is 0.399 e. The van der Waals surface area contributed by atoms with E-state index in [1.54, 1.807) is 30.3 Å². The molecule has 0 saturated heterocycles. The van der Waals surface area contributed by atoms with Gasteiger partial charge in [-0.05, 0) is 25.5 Å². The number of nitrogens with one attached hydrogen (secondary N) is 1. The van der Waals surface area contributed by atoms with Crippen LogP contribution in [0, 0.1) is 10.1 Å². The van der Waals surface area contributed by atoms with Gasteiger partial charge in [0, 0.05) is 0 Å². The van der Waals surface area contributed by atoms with E-state index in [9.17, 15) is 20.0 Å². The quantitative estimate of drug-likeness (QED) is 0.496. The summed E-state index contributed by atoms with van der Waals surface area (Å²) in [6.45, 7) is 2.86. The third-order valence-electron chi connectivity index (χ3n) is 3.23. The van der Waals surface area contributed by atoms with Crippen LogP contribution in [0.1, 0.15) is 25.2 Å². The van der Waals surface area contributed by atoms with E-state index in [0.717, 1.165) is 0 Å². The first-order valence-corrected chi connectivity index (χ1v) is 6.69. The molecule has 1 aromatic carbocycles. The molecule has 0 fully saturated rings. The van der Waals surface area contributed by atoms with E-state index in [2.05, 4.69) is 10.5 Å². The van der Waals surface area contributed by atoms with Crippen molar-refractivity contribution >= 4 is 17.5 Å².